The van der Waals surface area contributed by atoms with E-state index in [4.69, 9.17) is 4.74 Å². The molecule has 1 aliphatic heterocycles. The summed E-state index contributed by atoms with van der Waals surface area (Å²) in [6, 6.07) is 14.7. The van der Waals surface area contributed by atoms with E-state index in [-0.39, 0.29) is 5.82 Å². The second-order valence-corrected chi connectivity index (χ2v) is 7.83. The third-order valence-electron chi connectivity index (χ3n) is 6.06. The van der Waals surface area contributed by atoms with E-state index in [0.717, 1.165) is 55.8 Å². The Balaban J connectivity index is 1.36. The first-order valence-electron chi connectivity index (χ1n) is 9.39. The number of ether oxygens (including phenoxy) is 1. The van der Waals surface area contributed by atoms with Crippen LogP contribution in [0.4, 0.5) is 4.39 Å². The van der Waals surface area contributed by atoms with E-state index >= 15 is 0 Å². The Morgan fingerprint density at radius 3 is 2.54 bits per heavy atom. The predicted molar refractivity (Wildman–Crippen MR) is 99.6 cm³/mol. The third-order valence-corrected chi connectivity index (χ3v) is 6.06. The molecule has 138 valence electrons. The standard InChI is InChI=1S/C22H26FNO2/c1-26-21-7-3-5-19(11-21)22(25)12-17-14-24(15-18(17)13-22)9-8-16-4-2-6-20(23)10-16/h2-7,10-11,17-18,25H,8-9,12-15H2,1H3/t17-,18+,22?. The van der Waals surface area contributed by atoms with E-state index in [1.165, 1.54) is 6.07 Å². The van der Waals surface area contributed by atoms with Crippen molar-refractivity contribution >= 4 is 0 Å². The summed E-state index contributed by atoms with van der Waals surface area (Å²) in [6.07, 6.45) is 2.49. The van der Waals surface area contributed by atoms with Crippen LogP contribution in [-0.4, -0.2) is 36.8 Å². The summed E-state index contributed by atoms with van der Waals surface area (Å²) in [5, 5.41) is 11.2. The number of rotatable bonds is 5. The van der Waals surface area contributed by atoms with Gasteiger partial charge in [-0.15, -0.1) is 0 Å². The van der Waals surface area contributed by atoms with Crippen LogP contribution in [0.1, 0.15) is 24.0 Å². The first-order valence-corrected chi connectivity index (χ1v) is 9.39. The molecule has 0 amide bonds. The smallest absolute Gasteiger partial charge is 0.123 e. The van der Waals surface area contributed by atoms with Gasteiger partial charge in [0.15, 0.2) is 0 Å². The van der Waals surface area contributed by atoms with E-state index in [0.29, 0.717) is 11.8 Å². The Morgan fingerprint density at radius 2 is 1.85 bits per heavy atom. The second-order valence-electron chi connectivity index (χ2n) is 7.83. The molecule has 1 heterocycles. The normalized spacial score (nSPS) is 28.3. The summed E-state index contributed by atoms with van der Waals surface area (Å²) in [6.45, 7) is 2.99. The van der Waals surface area contributed by atoms with Crippen LogP contribution in [-0.2, 0) is 12.0 Å². The van der Waals surface area contributed by atoms with Crippen LogP contribution < -0.4 is 4.74 Å². The maximum atomic E-state index is 13.3. The van der Waals surface area contributed by atoms with Crippen LogP contribution in [0, 0.1) is 17.7 Å². The lowest BCUT2D eigenvalue weighted by Gasteiger charge is -2.26. The molecule has 26 heavy (non-hydrogen) atoms. The average Bonchev–Trinajstić information content (AvgIpc) is 3.15. The lowest BCUT2D eigenvalue weighted by Crippen LogP contribution is -2.29. The monoisotopic (exact) mass is 355 g/mol. The average molecular weight is 355 g/mol. The highest BCUT2D eigenvalue weighted by molar-refractivity contribution is 5.33. The molecule has 0 radical (unpaired) electrons. The number of hydrogen-bond donors (Lipinski definition) is 1. The Morgan fingerprint density at radius 1 is 1.12 bits per heavy atom. The SMILES string of the molecule is COc1cccc(C2(O)C[C@H]3CN(CCc4cccc(F)c4)C[C@H]3C2)c1. The van der Waals surface area contributed by atoms with E-state index in [9.17, 15) is 9.50 Å². The van der Waals surface area contributed by atoms with Gasteiger partial charge in [-0.1, -0.05) is 24.3 Å². The minimum absolute atomic E-state index is 0.163. The largest absolute Gasteiger partial charge is 0.497 e. The fraction of sp³-hybridized carbons (Fsp3) is 0.455. The van der Waals surface area contributed by atoms with Crippen molar-refractivity contribution in [2.24, 2.45) is 11.8 Å². The van der Waals surface area contributed by atoms with Gasteiger partial charge in [-0.05, 0) is 66.5 Å². The molecule has 4 heteroatoms. The molecule has 3 nitrogen and oxygen atoms in total. The summed E-state index contributed by atoms with van der Waals surface area (Å²) in [4.78, 5) is 2.46. The second kappa shape index (κ2) is 7.01. The van der Waals surface area contributed by atoms with E-state index < -0.39 is 5.60 Å². The molecule has 2 aromatic carbocycles. The zero-order chi connectivity index (χ0) is 18.1. The highest BCUT2D eigenvalue weighted by Gasteiger charge is 2.48. The van der Waals surface area contributed by atoms with E-state index in [2.05, 4.69) is 4.90 Å². The van der Waals surface area contributed by atoms with Crippen LogP contribution in [0.3, 0.4) is 0 Å². The van der Waals surface area contributed by atoms with Crippen molar-refractivity contribution in [3.63, 3.8) is 0 Å². The van der Waals surface area contributed by atoms with Gasteiger partial charge in [0.25, 0.3) is 0 Å². The Hall–Kier alpha value is -1.91. The molecule has 1 aliphatic carbocycles. The van der Waals surface area contributed by atoms with Crippen molar-refractivity contribution in [3.8, 4) is 5.75 Å². The number of halogens is 1. The lowest BCUT2D eigenvalue weighted by atomic mass is 9.90. The van der Waals surface area contributed by atoms with Crippen LogP contribution in [0.5, 0.6) is 5.75 Å². The van der Waals surface area contributed by atoms with Crippen LogP contribution in [0.15, 0.2) is 48.5 Å². The zero-order valence-electron chi connectivity index (χ0n) is 15.2. The van der Waals surface area contributed by atoms with Crippen molar-refractivity contribution in [1.29, 1.82) is 0 Å². The maximum absolute atomic E-state index is 13.3. The molecule has 4 rings (SSSR count). The topological polar surface area (TPSA) is 32.7 Å². The van der Waals surface area contributed by atoms with Crippen LogP contribution in [0.25, 0.3) is 0 Å². The highest BCUT2D eigenvalue weighted by atomic mass is 19.1. The molecule has 1 saturated heterocycles. The molecule has 1 unspecified atom stereocenters. The molecular weight excluding hydrogens is 329 g/mol. The van der Waals surface area contributed by atoms with Crippen molar-refractivity contribution in [3.05, 3.63) is 65.5 Å². The number of methoxy groups -OCH3 is 1. The summed E-state index contributed by atoms with van der Waals surface area (Å²) in [5.41, 5.74) is 1.28. The van der Waals surface area contributed by atoms with E-state index in [1.807, 2.05) is 30.3 Å². The molecular formula is C22H26FNO2. The van der Waals surface area contributed by atoms with E-state index in [1.54, 1.807) is 19.2 Å². The summed E-state index contributed by atoms with van der Waals surface area (Å²) in [7, 11) is 1.66. The fourth-order valence-electron chi connectivity index (χ4n) is 4.76. The number of likely N-dealkylation sites (tertiary alicyclic amines) is 1. The maximum Gasteiger partial charge on any atom is 0.123 e. The zero-order valence-corrected chi connectivity index (χ0v) is 15.2. The number of hydrogen-bond acceptors (Lipinski definition) is 3. The molecule has 2 fully saturated rings. The van der Waals surface area contributed by atoms with Gasteiger partial charge >= 0.3 is 0 Å². The first kappa shape index (κ1) is 17.5. The molecule has 0 aromatic heterocycles. The molecule has 1 N–H and O–H groups in total. The van der Waals surface area contributed by atoms with Gasteiger partial charge in [-0.25, -0.2) is 4.39 Å². The van der Waals surface area contributed by atoms with Gasteiger partial charge in [0, 0.05) is 19.6 Å². The minimum atomic E-state index is -0.738. The van der Waals surface area contributed by atoms with Crippen molar-refractivity contribution in [2.45, 2.75) is 24.9 Å². The highest BCUT2D eigenvalue weighted by Crippen LogP contribution is 2.49. The third kappa shape index (κ3) is 3.49. The molecule has 1 saturated carbocycles. The lowest BCUT2D eigenvalue weighted by molar-refractivity contribution is 0.0312. The van der Waals surface area contributed by atoms with Crippen molar-refractivity contribution in [1.82, 2.24) is 4.90 Å². The molecule has 0 spiro atoms. The Labute approximate surface area is 154 Å². The van der Waals surface area contributed by atoms with Crippen molar-refractivity contribution < 1.29 is 14.2 Å². The Kier molecular flexibility index (Phi) is 4.72. The van der Waals surface area contributed by atoms with Gasteiger partial charge in [0.1, 0.15) is 11.6 Å². The van der Waals surface area contributed by atoms with Gasteiger partial charge in [-0.2, -0.15) is 0 Å². The number of nitrogens with zero attached hydrogens (tertiary/aromatic N) is 1. The summed E-state index contributed by atoms with van der Waals surface area (Å²) >= 11 is 0. The molecule has 0 bridgehead atoms. The first-order chi connectivity index (χ1) is 12.6. The van der Waals surface area contributed by atoms with Gasteiger partial charge in [0.05, 0.1) is 12.7 Å². The summed E-state index contributed by atoms with van der Waals surface area (Å²) in [5.74, 6) is 1.69. The quantitative estimate of drug-likeness (QED) is 0.889. The Bertz CT molecular complexity index is 764. The van der Waals surface area contributed by atoms with Crippen LogP contribution in [0.2, 0.25) is 0 Å². The molecule has 3 atom stereocenters. The van der Waals surface area contributed by atoms with Crippen LogP contribution >= 0.6 is 0 Å². The predicted octanol–water partition coefficient (Wildman–Crippen LogP) is 3.61. The number of aliphatic hydroxyl groups is 1. The number of benzene rings is 2. The van der Waals surface area contributed by atoms with Crippen molar-refractivity contribution in [2.75, 3.05) is 26.7 Å². The molecule has 2 aromatic rings. The van der Waals surface area contributed by atoms with Gasteiger partial charge in [0.2, 0.25) is 0 Å². The summed E-state index contributed by atoms with van der Waals surface area (Å²) < 4.78 is 18.6. The number of fused-ring (bicyclic) bond motifs is 1. The van der Waals surface area contributed by atoms with Gasteiger partial charge in [-0.3, -0.25) is 0 Å². The minimum Gasteiger partial charge on any atom is -0.497 e. The fourth-order valence-corrected chi connectivity index (χ4v) is 4.76. The molecule has 2 aliphatic rings. The van der Waals surface area contributed by atoms with Gasteiger partial charge < -0.3 is 14.7 Å².